The zero-order chi connectivity index (χ0) is 18.3. The monoisotopic (exact) mass is 359 g/mol. The van der Waals surface area contributed by atoms with Gasteiger partial charge in [-0.3, -0.25) is 9.59 Å². The number of halogens is 2. The van der Waals surface area contributed by atoms with Crippen molar-refractivity contribution in [2.75, 3.05) is 11.9 Å². The zero-order valence-electron chi connectivity index (χ0n) is 12.9. The predicted molar refractivity (Wildman–Crippen MR) is 90.5 cm³/mol. The third-order valence-corrected chi connectivity index (χ3v) is 4.19. The van der Waals surface area contributed by atoms with Crippen molar-refractivity contribution in [1.82, 2.24) is 0 Å². The molecule has 0 fully saturated rings. The number of rotatable bonds is 2. The van der Waals surface area contributed by atoms with Gasteiger partial charge in [0.15, 0.2) is 0 Å². The molecule has 1 amide bonds. The molecule has 0 saturated carbocycles. The molecule has 0 aliphatic carbocycles. The Bertz CT molecular complexity index is 968. The number of hydrogen-bond donors (Lipinski definition) is 1. The van der Waals surface area contributed by atoms with Crippen LogP contribution in [0.15, 0.2) is 42.0 Å². The van der Waals surface area contributed by atoms with Crippen LogP contribution in [0.5, 0.6) is 0 Å². The molecule has 0 spiro atoms. The number of anilines is 1. The summed E-state index contributed by atoms with van der Waals surface area (Å²) in [4.78, 5) is 37.5. The first-order valence-electron chi connectivity index (χ1n) is 7.16. The molecule has 1 N–H and O–H groups in total. The second-order valence-electron chi connectivity index (χ2n) is 5.46. The fraction of sp³-hybridized carbons (Fsp3) is 0.0556. The molecular formula is C18H11ClFNO4. The van der Waals surface area contributed by atoms with Gasteiger partial charge in [-0.25, -0.2) is 9.18 Å². The Balaban J connectivity index is 2.13. The van der Waals surface area contributed by atoms with Crippen LogP contribution in [0.3, 0.4) is 0 Å². The van der Waals surface area contributed by atoms with Crippen LogP contribution in [0.4, 0.5) is 10.1 Å². The summed E-state index contributed by atoms with van der Waals surface area (Å²) in [6.45, 7) is 0. The molecule has 0 atom stereocenters. The molecule has 0 radical (unpaired) electrons. The Kier molecular flexibility index (Phi) is 4.14. The van der Waals surface area contributed by atoms with Gasteiger partial charge < -0.3 is 10.0 Å². The molecular weight excluding hydrogens is 349 g/mol. The van der Waals surface area contributed by atoms with E-state index in [9.17, 15) is 18.8 Å². The van der Waals surface area contributed by atoms with Crippen molar-refractivity contribution in [1.29, 1.82) is 0 Å². The SMILES string of the molecule is CN1C(=O)/C(=C\c2ccc(Cl)c(F)c2)C(=O)c2cc(C(=O)O)ccc21. The van der Waals surface area contributed by atoms with Crippen molar-refractivity contribution in [3.05, 3.63) is 69.5 Å². The first-order valence-corrected chi connectivity index (χ1v) is 7.54. The van der Waals surface area contributed by atoms with E-state index < -0.39 is 23.5 Å². The molecule has 0 unspecified atom stereocenters. The molecule has 1 heterocycles. The van der Waals surface area contributed by atoms with Crippen molar-refractivity contribution >= 4 is 41.0 Å². The molecule has 3 rings (SSSR count). The summed E-state index contributed by atoms with van der Waals surface area (Å²) in [7, 11) is 1.48. The van der Waals surface area contributed by atoms with Gasteiger partial charge in [0.2, 0.25) is 5.78 Å². The minimum atomic E-state index is -1.18. The molecule has 126 valence electrons. The number of Topliss-reactive ketones (excluding diaryl/α,β-unsaturated/α-hetero) is 1. The molecule has 7 heteroatoms. The maximum Gasteiger partial charge on any atom is 0.335 e. The summed E-state index contributed by atoms with van der Waals surface area (Å²) in [6, 6.07) is 7.86. The largest absolute Gasteiger partial charge is 0.478 e. The molecule has 5 nitrogen and oxygen atoms in total. The van der Waals surface area contributed by atoms with Crippen molar-refractivity contribution < 1.29 is 23.9 Å². The van der Waals surface area contributed by atoms with E-state index in [2.05, 4.69) is 0 Å². The first-order chi connectivity index (χ1) is 11.8. The number of benzene rings is 2. The second kappa shape index (κ2) is 6.14. The molecule has 0 aromatic heterocycles. The van der Waals surface area contributed by atoms with E-state index in [1.54, 1.807) is 0 Å². The highest BCUT2D eigenvalue weighted by atomic mass is 35.5. The summed E-state index contributed by atoms with van der Waals surface area (Å²) in [6.07, 6.45) is 1.26. The van der Waals surface area contributed by atoms with Gasteiger partial charge in [0.05, 0.1) is 21.8 Å². The molecule has 1 aliphatic rings. The van der Waals surface area contributed by atoms with Crippen LogP contribution in [0, 0.1) is 5.82 Å². The number of carboxylic acids is 1. The van der Waals surface area contributed by atoms with Crippen LogP contribution in [0.1, 0.15) is 26.3 Å². The van der Waals surface area contributed by atoms with Crippen LogP contribution in [0.25, 0.3) is 6.08 Å². The van der Waals surface area contributed by atoms with Crippen molar-refractivity contribution in [3.8, 4) is 0 Å². The topological polar surface area (TPSA) is 74.7 Å². The maximum atomic E-state index is 13.6. The Morgan fingerprint density at radius 1 is 1.20 bits per heavy atom. The number of hydrogen-bond acceptors (Lipinski definition) is 3. The van der Waals surface area contributed by atoms with Crippen molar-refractivity contribution in [2.45, 2.75) is 0 Å². The van der Waals surface area contributed by atoms with Crippen LogP contribution >= 0.6 is 11.6 Å². The summed E-state index contributed by atoms with van der Waals surface area (Å²) in [5.74, 6) is -3.03. The highest BCUT2D eigenvalue weighted by molar-refractivity contribution is 6.36. The molecule has 0 saturated heterocycles. The molecule has 0 bridgehead atoms. The molecule has 2 aromatic rings. The van der Waals surface area contributed by atoms with Gasteiger partial charge in [0.25, 0.3) is 5.91 Å². The van der Waals surface area contributed by atoms with Gasteiger partial charge in [0, 0.05) is 12.6 Å². The number of ketones is 1. The summed E-state index contributed by atoms with van der Waals surface area (Å²) < 4.78 is 13.6. The normalized spacial score (nSPS) is 15.5. The van der Waals surface area contributed by atoms with Gasteiger partial charge in [-0.15, -0.1) is 0 Å². The van der Waals surface area contributed by atoms with E-state index >= 15 is 0 Å². The highest BCUT2D eigenvalue weighted by Crippen LogP contribution is 2.31. The lowest BCUT2D eigenvalue weighted by molar-refractivity contribution is -0.114. The summed E-state index contributed by atoms with van der Waals surface area (Å²) in [5.41, 5.74) is 0.470. The van der Waals surface area contributed by atoms with Crippen LogP contribution in [-0.4, -0.2) is 29.8 Å². The van der Waals surface area contributed by atoms with Gasteiger partial charge in [-0.1, -0.05) is 17.7 Å². The van der Waals surface area contributed by atoms with E-state index in [0.29, 0.717) is 11.3 Å². The number of nitrogens with zero attached hydrogens (tertiary/aromatic N) is 1. The van der Waals surface area contributed by atoms with E-state index in [0.717, 1.165) is 6.07 Å². The summed E-state index contributed by atoms with van der Waals surface area (Å²) in [5, 5.41) is 9.02. The number of carbonyl (C=O) groups excluding carboxylic acids is 2. The van der Waals surface area contributed by atoms with E-state index in [4.69, 9.17) is 16.7 Å². The molecule has 2 aromatic carbocycles. The van der Waals surface area contributed by atoms with E-state index in [1.807, 2.05) is 0 Å². The zero-order valence-corrected chi connectivity index (χ0v) is 13.7. The Morgan fingerprint density at radius 3 is 2.56 bits per heavy atom. The summed E-state index contributed by atoms with van der Waals surface area (Å²) >= 11 is 5.62. The van der Waals surface area contributed by atoms with Gasteiger partial charge >= 0.3 is 5.97 Å². The first kappa shape index (κ1) is 16.9. The van der Waals surface area contributed by atoms with Crippen molar-refractivity contribution in [2.24, 2.45) is 0 Å². The number of carbonyl (C=O) groups is 3. The average Bonchev–Trinajstić information content (AvgIpc) is 2.59. The van der Waals surface area contributed by atoms with Crippen LogP contribution in [-0.2, 0) is 4.79 Å². The van der Waals surface area contributed by atoms with Gasteiger partial charge in [0.1, 0.15) is 5.82 Å². The fourth-order valence-corrected chi connectivity index (χ4v) is 2.69. The minimum Gasteiger partial charge on any atom is -0.478 e. The molecule has 1 aliphatic heterocycles. The lowest BCUT2D eigenvalue weighted by atomic mass is 9.92. The third kappa shape index (κ3) is 2.92. The van der Waals surface area contributed by atoms with E-state index in [1.165, 1.54) is 48.4 Å². The standard InChI is InChI=1S/C18H11ClFNO4/c1-21-15-5-3-10(18(24)25)8-11(15)16(22)12(17(21)23)6-9-2-4-13(19)14(20)7-9/h2-8H,1H3,(H,24,25)/b12-6-. The highest BCUT2D eigenvalue weighted by Gasteiger charge is 2.33. The number of carboxylic acid groups (broad SMARTS) is 1. The van der Waals surface area contributed by atoms with Crippen LogP contribution in [0.2, 0.25) is 5.02 Å². The Hall–Kier alpha value is -2.99. The Labute approximate surface area is 146 Å². The smallest absolute Gasteiger partial charge is 0.335 e. The van der Waals surface area contributed by atoms with Crippen LogP contribution < -0.4 is 4.90 Å². The minimum absolute atomic E-state index is 0.0632. The third-order valence-electron chi connectivity index (χ3n) is 3.88. The quantitative estimate of drug-likeness (QED) is 0.658. The van der Waals surface area contributed by atoms with Crippen molar-refractivity contribution in [3.63, 3.8) is 0 Å². The number of aromatic carboxylic acids is 1. The fourth-order valence-electron chi connectivity index (χ4n) is 2.57. The number of fused-ring (bicyclic) bond motifs is 1. The van der Waals surface area contributed by atoms with Gasteiger partial charge in [-0.2, -0.15) is 0 Å². The second-order valence-corrected chi connectivity index (χ2v) is 5.87. The lowest BCUT2D eigenvalue weighted by Gasteiger charge is -2.26. The predicted octanol–water partition coefficient (Wildman–Crippen LogP) is 3.42. The van der Waals surface area contributed by atoms with E-state index in [-0.39, 0.29) is 21.7 Å². The molecule has 25 heavy (non-hydrogen) atoms. The lowest BCUT2D eigenvalue weighted by Crippen LogP contribution is -2.36. The number of likely N-dealkylation sites (N-methyl/N-ethyl adjacent to an activating group) is 1. The average molecular weight is 360 g/mol. The maximum absolute atomic E-state index is 13.6. The Morgan fingerprint density at radius 2 is 1.92 bits per heavy atom. The number of amides is 1. The van der Waals surface area contributed by atoms with Gasteiger partial charge in [-0.05, 0) is 42.0 Å².